The molecule has 8 heteroatoms. The summed E-state index contributed by atoms with van der Waals surface area (Å²) in [6, 6.07) is 3.84. The van der Waals surface area contributed by atoms with Crippen LogP contribution < -0.4 is 10.2 Å². The van der Waals surface area contributed by atoms with Crippen LogP contribution in [0.4, 0.5) is 17.6 Å². The highest BCUT2D eigenvalue weighted by atomic mass is 15.3. The van der Waals surface area contributed by atoms with E-state index in [1.54, 1.807) is 31.0 Å². The van der Waals surface area contributed by atoms with Crippen LogP contribution in [0.25, 0.3) is 0 Å². The first-order chi connectivity index (χ1) is 12.8. The number of aryl methyl sites for hydroxylation is 1. The smallest absolute Gasteiger partial charge is 0.225 e. The molecule has 0 radical (unpaired) electrons. The minimum absolute atomic E-state index is 0.316. The summed E-state index contributed by atoms with van der Waals surface area (Å²) in [6.07, 6.45) is 10.7. The van der Waals surface area contributed by atoms with E-state index in [4.69, 9.17) is 0 Å². The number of aromatic nitrogens is 6. The zero-order valence-corrected chi connectivity index (χ0v) is 14.6. The van der Waals surface area contributed by atoms with Crippen LogP contribution in [-0.2, 0) is 0 Å². The molecule has 1 atom stereocenters. The van der Waals surface area contributed by atoms with E-state index in [2.05, 4.69) is 40.1 Å². The summed E-state index contributed by atoms with van der Waals surface area (Å²) in [5.74, 6) is 3.24. The Bertz CT molecular complexity index is 856. The van der Waals surface area contributed by atoms with E-state index in [-0.39, 0.29) is 0 Å². The Labute approximate surface area is 151 Å². The number of piperidine rings is 1. The van der Waals surface area contributed by atoms with Gasteiger partial charge in [-0.05, 0) is 25.8 Å². The van der Waals surface area contributed by atoms with E-state index in [0.29, 0.717) is 11.7 Å². The summed E-state index contributed by atoms with van der Waals surface area (Å²) in [4.78, 5) is 28.4. The average molecular weight is 348 g/mol. The van der Waals surface area contributed by atoms with E-state index in [0.717, 1.165) is 49.2 Å². The van der Waals surface area contributed by atoms with Gasteiger partial charge in [0, 0.05) is 49.9 Å². The Morgan fingerprint density at radius 2 is 1.92 bits per heavy atom. The molecule has 3 aromatic heterocycles. The van der Waals surface area contributed by atoms with E-state index in [9.17, 15) is 0 Å². The second-order valence-electron chi connectivity index (χ2n) is 6.27. The molecule has 1 fully saturated rings. The van der Waals surface area contributed by atoms with Gasteiger partial charge in [0.15, 0.2) is 0 Å². The van der Waals surface area contributed by atoms with Crippen molar-refractivity contribution in [1.29, 1.82) is 0 Å². The van der Waals surface area contributed by atoms with Crippen LogP contribution in [0.2, 0.25) is 0 Å². The molecule has 1 aliphatic heterocycles. The van der Waals surface area contributed by atoms with Crippen molar-refractivity contribution >= 4 is 17.6 Å². The van der Waals surface area contributed by atoms with E-state index in [1.807, 2.05) is 19.1 Å². The fourth-order valence-electron chi connectivity index (χ4n) is 3.21. The molecular formula is C18H20N8. The largest absolute Gasteiger partial charge is 0.340 e. The van der Waals surface area contributed by atoms with Crippen molar-refractivity contribution in [2.24, 2.45) is 0 Å². The Morgan fingerprint density at radius 1 is 1.04 bits per heavy atom. The number of nitrogens with zero attached hydrogens (tertiary/aromatic N) is 7. The van der Waals surface area contributed by atoms with E-state index >= 15 is 0 Å². The van der Waals surface area contributed by atoms with Gasteiger partial charge in [0.2, 0.25) is 5.95 Å². The lowest BCUT2D eigenvalue weighted by atomic mass is 9.94. The Balaban J connectivity index is 1.55. The monoisotopic (exact) mass is 348 g/mol. The van der Waals surface area contributed by atoms with Crippen molar-refractivity contribution in [3.8, 4) is 0 Å². The highest BCUT2D eigenvalue weighted by Gasteiger charge is 2.24. The lowest BCUT2D eigenvalue weighted by Gasteiger charge is -2.32. The van der Waals surface area contributed by atoms with Crippen molar-refractivity contribution in [1.82, 2.24) is 29.9 Å². The first-order valence-corrected chi connectivity index (χ1v) is 8.68. The van der Waals surface area contributed by atoms with Crippen molar-refractivity contribution < 1.29 is 0 Å². The fraction of sp³-hybridized carbons (Fsp3) is 0.333. The zero-order valence-electron chi connectivity index (χ0n) is 14.6. The number of anilines is 3. The molecule has 0 amide bonds. The molecule has 1 N–H and O–H groups in total. The van der Waals surface area contributed by atoms with Crippen molar-refractivity contribution in [2.75, 3.05) is 23.3 Å². The molecule has 0 bridgehead atoms. The van der Waals surface area contributed by atoms with Gasteiger partial charge in [0.1, 0.15) is 17.5 Å². The highest BCUT2D eigenvalue weighted by molar-refractivity contribution is 5.51. The molecule has 26 heavy (non-hydrogen) atoms. The quantitative estimate of drug-likeness (QED) is 0.769. The number of hydrogen-bond donors (Lipinski definition) is 1. The predicted octanol–water partition coefficient (Wildman–Crippen LogP) is 2.49. The predicted molar refractivity (Wildman–Crippen MR) is 98.3 cm³/mol. The van der Waals surface area contributed by atoms with Crippen molar-refractivity contribution in [3.05, 3.63) is 54.6 Å². The topological polar surface area (TPSA) is 92.6 Å². The standard InChI is InChI=1S/C18H20N8/c1-13-23-15(10-16(24-13)25-17-11-19-7-8-20-17)14-4-2-9-26(12-14)18-21-5-3-6-22-18/h3,5-8,10-11,14H,2,4,9,12H2,1H3,(H,20,23,24,25)/t14-/m1/s1. The molecule has 3 aromatic rings. The molecule has 8 nitrogen and oxygen atoms in total. The van der Waals surface area contributed by atoms with Crippen LogP contribution in [0.1, 0.15) is 30.3 Å². The van der Waals surface area contributed by atoms with Crippen LogP contribution in [0.5, 0.6) is 0 Å². The normalized spacial score (nSPS) is 17.1. The summed E-state index contributed by atoms with van der Waals surface area (Å²) in [5.41, 5.74) is 1.03. The maximum Gasteiger partial charge on any atom is 0.225 e. The van der Waals surface area contributed by atoms with Gasteiger partial charge in [-0.15, -0.1) is 0 Å². The zero-order chi connectivity index (χ0) is 17.8. The molecule has 0 aliphatic carbocycles. The molecule has 0 aromatic carbocycles. The van der Waals surface area contributed by atoms with Gasteiger partial charge in [0.05, 0.1) is 11.9 Å². The second-order valence-corrected chi connectivity index (χ2v) is 6.27. The lowest BCUT2D eigenvalue weighted by molar-refractivity contribution is 0.494. The van der Waals surface area contributed by atoms with Crippen LogP contribution in [0, 0.1) is 6.92 Å². The molecule has 1 aliphatic rings. The van der Waals surface area contributed by atoms with Gasteiger partial charge in [-0.3, -0.25) is 4.98 Å². The lowest BCUT2D eigenvalue weighted by Crippen LogP contribution is -2.35. The summed E-state index contributed by atoms with van der Waals surface area (Å²) in [6.45, 7) is 3.73. The van der Waals surface area contributed by atoms with Gasteiger partial charge in [-0.1, -0.05) is 0 Å². The molecule has 0 spiro atoms. The van der Waals surface area contributed by atoms with Crippen LogP contribution in [0.3, 0.4) is 0 Å². The maximum atomic E-state index is 4.67. The fourth-order valence-corrected chi connectivity index (χ4v) is 3.21. The van der Waals surface area contributed by atoms with Crippen molar-refractivity contribution in [3.63, 3.8) is 0 Å². The van der Waals surface area contributed by atoms with E-state index < -0.39 is 0 Å². The van der Waals surface area contributed by atoms with Gasteiger partial charge in [0.25, 0.3) is 0 Å². The molecule has 132 valence electrons. The van der Waals surface area contributed by atoms with Crippen LogP contribution in [-0.4, -0.2) is 43.0 Å². The molecule has 1 saturated heterocycles. The second kappa shape index (κ2) is 7.38. The van der Waals surface area contributed by atoms with Gasteiger partial charge < -0.3 is 10.2 Å². The number of rotatable bonds is 4. The molecular weight excluding hydrogens is 328 g/mol. The SMILES string of the molecule is Cc1nc(Nc2cnccn2)cc([C@@H]2CCCN(c3ncccn3)C2)n1. The summed E-state index contributed by atoms with van der Waals surface area (Å²) >= 11 is 0. The van der Waals surface area contributed by atoms with Gasteiger partial charge in [-0.25, -0.2) is 24.9 Å². The minimum Gasteiger partial charge on any atom is -0.340 e. The summed E-state index contributed by atoms with van der Waals surface area (Å²) in [5, 5.41) is 3.20. The molecule has 4 heterocycles. The average Bonchev–Trinajstić information content (AvgIpc) is 2.69. The minimum atomic E-state index is 0.316. The maximum absolute atomic E-state index is 4.67. The number of hydrogen-bond acceptors (Lipinski definition) is 8. The van der Waals surface area contributed by atoms with Crippen LogP contribution in [0.15, 0.2) is 43.1 Å². The molecule has 0 unspecified atom stereocenters. The Hall–Kier alpha value is -3.16. The van der Waals surface area contributed by atoms with E-state index in [1.165, 1.54) is 0 Å². The third kappa shape index (κ3) is 3.74. The number of nitrogens with one attached hydrogen (secondary N) is 1. The Morgan fingerprint density at radius 3 is 2.73 bits per heavy atom. The summed E-state index contributed by atoms with van der Waals surface area (Å²) < 4.78 is 0. The Kier molecular flexibility index (Phi) is 4.63. The van der Waals surface area contributed by atoms with Gasteiger partial charge >= 0.3 is 0 Å². The molecule has 4 rings (SSSR count). The first kappa shape index (κ1) is 16.3. The third-order valence-electron chi connectivity index (χ3n) is 4.35. The molecule has 0 saturated carbocycles. The summed E-state index contributed by atoms with van der Waals surface area (Å²) in [7, 11) is 0. The highest BCUT2D eigenvalue weighted by Crippen LogP contribution is 2.28. The van der Waals surface area contributed by atoms with Crippen molar-refractivity contribution in [2.45, 2.75) is 25.7 Å². The van der Waals surface area contributed by atoms with Gasteiger partial charge in [-0.2, -0.15) is 0 Å². The third-order valence-corrected chi connectivity index (χ3v) is 4.35. The first-order valence-electron chi connectivity index (χ1n) is 8.68. The van der Waals surface area contributed by atoms with Crippen LogP contribution >= 0.6 is 0 Å².